The van der Waals surface area contributed by atoms with Gasteiger partial charge in [-0.25, -0.2) is 4.79 Å². The van der Waals surface area contributed by atoms with Gasteiger partial charge in [0.15, 0.2) is 0 Å². The van der Waals surface area contributed by atoms with Crippen LogP contribution in [0, 0.1) is 13.8 Å². The van der Waals surface area contributed by atoms with Gasteiger partial charge in [0.25, 0.3) is 0 Å². The lowest BCUT2D eigenvalue weighted by molar-refractivity contribution is 0.194. The molecule has 6 heteroatoms. The SMILES string of the molecule is Cc1cccc(N2CCN(C(=O)NCCc3ccccc3Br)CC2)c1C.Cl. The normalized spacial score (nSPS) is 13.9. The number of carbonyl (C=O) groups is 1. The van der Waals surface area contributed by atoms with Gasteiger partial charge < -0.3 is 15.1 Å². The fourth-order valence-corrected chi connectivity index (χ4v) is 3.83. The molecule has 2 aromatic rings. The van der Waals surface area contributed by atoms with Crippen molar-refractivity contribution in [3.05, 3.63) is 63.6 Å². The first-order valence-corrected chi connectivity index (χ1v) is 9.93. The minimum absolute atomic E-state index is 0. The molecule has 0 saturated carbocycles. The van der Waals surface area contributed by atoms with Crippen molar-refractivity contribution >= 4 is 40.1 Å². The van der Waals surface area contributed by atoms with E-state index in [1.165, 1.54) is 22.4 Å². The van der Waals surface area contributed by atoms with Gasteiger partial charge in [-0.05, 0) is 49.1 Å². The van der Waals surface area contributed by atoms with Crippen molar-refractivity contribution in [3.63, 3.8) is 0 Å². The molecule has 2 aromatic carbocycles. The molecule has 1 heterocycles. The standard InChI is InChI=1S/C21H26BrN3O.ClH/c1-16-6-5-9-20(17(16)2)24-12-14-25(15-13-24)21(26)23-11-10-18-7-3-4-8-19(18)22;/h3-9H,10-15H2,1-2H3,(H,23,26);1H. The van der Waals surface area contributed by atoms with Gasteiger partial charge in [-0.2, -0.15) is 0 Å². The van der Waals surface area contributed by atoms with E-state index in [1.54, 1.807) is 0 Å². The summed E-state index contributed by atoms with van der Waals surface area (Å²) in [7, 11) is 0. The third-order valence-electron chi connectivity index (χ3n) is 5.11. The van der Waals surface area contributed by atoms with E-state index in [-0.39, 0.29) is 18.4 Å². The fourth-order valence-electron chi connectivity index (χ4n) is 3.35. The van der Waals surface area contributed by atoms with E-state index in [0.29, 0.717) is 6.54 Å². The number of piperazine rings is 1. The second-order valence-corrected chi connectivity index (χ2v) is 7.62. The minimum Gasteiger partial charge on any atom is -0.368 e. The van der Waals surface area contributed by atoms with Crippen molar-refractivity contribution in [2.45, 2.75) is 20.3 Å². The van der Waals surface area contributed by atoms with Crippen molar-refractivity contribution in [1.82, 2.24) is 10.2 Å². The van der Waals surface area contributed by atoms with Crippen LogP contribution in [0.1, 0.15) is 16.7 Å². The van der Waals surface area contributed by atoms with Crippen molar-refractivity contribution in [2.75, 3.05) is 37.6 Å². The molecule has 0 unspecified atom stereocenters. The fraction of sp³-hybridized carbons (Fsp3) is 0.381. The topological polar surface area (TPSA) is 35.6 Å². The lowest BCUT2D eigenvalue weighted by atomic mass is 10.1. The molecule has 0 radical (unpaired) electrons. The number of rotatable bonds is 4. The zero-order valence-corrected chi connectivity index (χ0v) is 18.3. The lowest BCUT2D eigenvalue weighted by Crippen LogP contribution is -2.52. The van der Waals surface area contributed by atoms with Gasteiger partial charge in [0.2, 0.25) is 0 Å². The highest BCUT2D eigenvalue weighted by atomic mass is 79.9. The number of hydrogen-bond donors (Lipinski definition) is 1. The summed E-state index contributed by atoms with van der Waals surface area (Å²) in [5, 5.41) is 3.05. The first-order chi connectivity index (χ1) is 12.6. The molecule has 1 N–H and O–H groups in total. The van der Waals surface area contributed by atoms with Crippen LogP contribution >= 0.6 is 28.3 Å². The Kier molecular flexibility index (Phi) is 7.99. The van der Waals surface area contributed by atoms with E-state index in [4.69, 9.17) is 0 Å². The minimum atomic E-state index is 0. The molecule has 27 heavy (non-hydrogen) atoms. The van der Waals surface area contributed by atoms with E-state index in [9.17, 15) is 4.79 Å². The second-order valence-electron chi connectivity index (χ2n) is 6.77. The summed E-state index contributed by atoms with van der Waals surface area (Å²) >= 11 is 3.55. The van der Waals surface area contributed by atoms with Crippen molar-refractivity contribution in [3.8, 4) is 0 Å². The Bertz CT molecular complexity index is 776. The molecule has 2 amide bonds. The molecule has 146 valence electrons. The molecule has 0 aliphatic carbocycles. The number of aryl methyl sites for hydroxylation is 1. The highest BCUT2D eigenvalue weighted by Gasteiger charge is 2.22. The van der Waals surface area contributed by atoms with Crippen LogP contribution in [0.15, 0.2) is 46.9 Å². The van der Waals surface area contributed by atoms with Crippen LogP contribution in [-0.4, -0.2) is 43.7 Å². The summed E-state index contributed by atoms with van der Waals surface area (Å²) in [6.07, 6.45) is 0.829. The van der Waals surface area contributed by atoms with Gasteiger partial charge in [-0.3, -0.25) is 0 Å². The number of anilines is 1. The van der Waals surface area contributed by atoms with E-state index in [0.717, 1.165) is 37.1 Å². The van der Waals surface area contributed by atoms with Gasteiger partial charge in [-0.1, -0.05) is 46.3 Å². The average Bonchev–Trinajstić information content (AvgIpc) is 2.65. The lowest BCUT2D eigenvalue weighted by Gasteiger charge is -2.37. The van der Waals surface area contributed by atoms with Crippen LogP contribution in [-0.2, 0) is 6.42 Å². The predicted octanol–water partition coefficient (Wildman–Crippen LogP) is 4.56. The van der Waals surface area contributed by atoms with Crippen molar-refractivity contribution < 1.29 is 4.79 Å². The Labute approximate surface area is 176 Å². The summed E-state index contributed by atoms with van der Waals surface area (Å²) in [6, 6.07) is 14.6. The number of hydrogen-bond acceptors (Lipinski definition) is 2. The van der Waals surface area contributed by atoms with Gasteiger partial charge >= 0.3 is 6.03 Å². The third kappa shape index (κ3) is 5.39. The molecule has 0 aromatic heterocycles. The van der Waals surface area contributed by atoms with Gasteiger partial charge in [0.05, 0.1) is 0 Å². The highest BCUT2D eigenvalue weighted by molar-refractivity contribution is 9.10. The molecule has 4 nitrogen and oxygen atoms in total. The summed E-state index contributed by atoms with van der Waals surface area (Å²) in [6.45, 7) is 8.24. The molecule has 0 spiro atoms. The summed E-state index contributed by atoms with van der Waals surface area (Å²) in [5.41, 5.74) is 5.15. The summed E-state index contributed by atoms with van der Waals surface area (Å²) < 4.78 is 1.09. The molecule has 0 atom stereocenters. The monoisotopic (exact) mass is 451 g/mol. The smallest absolute Gasteiger partial charge is 0.317 e. The molecule has 1 aliphatic heterocycles. The van der Waals surface area contributed by atoms with Crippen LogP contribution < -0.4 is 10.2 Å². The molecule has 1 fully saturated rings. The zero-order chi connectivity index (χ0) is 18.5. The van der Waals surface area contributed by atoms with E-state index < -0.39 is 0 Å². The highest BCUT2D eigenvalue weighted by Crippen LogP contribution is 2.23. The number of nitrogens with zero attached hydrogens (tertiary/aromatic N) is 2. The first kappa shape index (κ1) is 21.6. The maximum atomic E-state index is 12.4. The first-order valence-electron chi connectivity index (χ1n) is 9.13. The summed E-state index contributed by atoms with van der Waals surface area (Å²) in [4.78, 5) is 16.7. The molecule has 3 rings (SSSR count). The van der Waals surface area contributed by atoms with Crippen molar-refractivity contribution in [1.29, 1.82) is 0 Å². The Hall–Kier alpha value is -1.72. The van der Waals surface area contributed by atoms with Crippen LogP contribution in [0.4, 0.5) is 10.5 Å². The molecular weight excluding hydrogens is 426 g/mol. The van der Waals surface area contributed by atoms with E-state index in [1.807, 2.05) is 23.1 Å². The van der Waals surface area contributed by atoms with Gasteiger partial charge in [-0.15, -0.1) is 12.4 Å². The molecule has 1 aliphatic rings. The van der Waals surface area contributed by atoms with Gasteiger partial charge in [0.1, 0.15) is 0 Å². The van der Waals surface area contributed by atoms with E-state index in [2.05, 4.69) is 64.3 Å². The Balaban J connectivity index is 0.00000261. The number of nitrogens with one attached hydrogen (secondary N) is 1. The molecule has 1 saturated heterocycles. The number of carbonyl (C=O) groups excluding carboxylic acids is 1. The quantitative estimate of drug-likeness (QED) is 0.738. The average molecular weight is 453 g/mol. The van der Waals surface area contributed by atoms with Crippen LogP contribution in [0.5, 0.6) is 0 Å². The number of halogens is 2. The maximum Gasteiger partial charge on any atom is 0.317 e. The number of urea groups is 1. The van der Waals surface area contributed by atoms with Gasteiger partial charge in [0, 0.05) is 42.9 Å². The largest absolute Gasteiger partial charge is 0.368 e. The Morgan fingerprint density at radius 1 is 1.04 bits per heavy atom. The Morgan fingerprint density at radius 2 is 1.74 bits per heavy atom. The second kappa shape index (κ2) is 10.00. The van der Waals surface area contributed by atoms with E-state index >= 15 is 0 Å². The number of amides is 2. The zero-order valence-electron chi connectivity index (χ0n) is 15.9. The molecule has 0 bridgehead atoms. The Morgan fingerprint density at radius 3 is 2.44 bits per heavy atom. The van der Waals surface area contributed by atoms with Crippen LogP contribution in [0.25, 0.3) is 0 Å². The maximum absolute atomic E-state index is 12.4. The third-order valence-corrected chi connectivity index (χ3v) is 5.89. The predicted molar refractivity (Wildman–Crippen MR) is 118 cm³/mol. The number of benzene rings is 2. The molecular formula is C21H27BrClN3O. The van der Waals surface area contributed by atoms with Crippen LogP contribution in [0.3, 0.4) is 0 Å². The van der Waals surface area contributed by atoms with Crippen molar-refractivity contribution in [2.24, 2.45) is 0 Å². The van der Waals surface area contributed by atoms with Crippen LogP contribution in [0.2, 0.25) is 0 Å². The summed E-state index contributed by atoms with van der Waals surface area (Å²) in [5.74, 6) is 0.